The Balaban J connectivity index is 2.27. The van der Waals surface area contributed by atoms with Gasteiger partial charge in [-0.1, -0.05) is 6.07 Å². The van der Waals surface area contributed by atoms with Gasteiger partial charge in [-0.05, 0) is 44.5 Å². The number of aryl methyl sites for hydroxylation is 3. The molecule has 1 atom stereocenters. The molecular weight excluding hydrogens is 258 g/mol. The average molecular weight is 277 g/mol. The highest BCUT2D eigenvalue weighted by Crippen LogP contribution is 2.20. The van der Waals surface area contributed by atoms with Crippen molar-refractivity contribution in [3.8, 4) is 0 Å². The van der Waals surface area contributed by atoms with E-state index in [2.05, 4.69) is 5.10 Å². The molecule has 19 heavy (non-hydrogen) atoms. The molecule has 0 spiro atoms. The number of nitrogens with two attached hydrogens (primary N) is 1. The number of rotatable bonds is 4. The van der Waals surface area contributed by atoms with Crippen molar-refractivity contribution in [2.24, 2.45) is 0 Å². The maximum Gasteiger partial charge on any atom is 0.0702 e. The minimum atomic E-state index is -1.10. The summed E-state index contributed by atoms with van der Waals surface area (Å²) in [5.74, 6) is 0.471. The fraction of sp³-hybridized carbons (Fsp3) is 0.357. The lowest BCUT2D eigenvalue weighted by molar-refractivity contribution is 0.627. The van der Waals surface area contributed by atoms with Gasteiger partial charge < -0.3 is 5.73 Å². The molecule has 1 aromatic carbocycles. The van der Waals surface area contributed by atoms with Gasteiger partial charge in [0.1, 0.15) is 0 Å². The lowest BCUT2D eigenvalue weighted by Gasteiger charge is -2.08. The summed E-state index contributed by atoms with van der Waals surface area (Å²) in [4.78, 5) is 0.807. The van der Waals surface area contributed by atoms with Crippen molar-refractivity contribution >= 4 is 16.5 Å². The standard InChI is InChI=1S/C14H19N3OS/c1-4-17-13(7-11(3)16-17)9-19(18)14-8-12(15)6-5-10(14)2/h5-8H,4,9,15H2,1-3H3. The third kappa shape index (κ3) is 3.04. The summed E-state index contributed by atoms with van der Waals surface area (Å²) in [6, 6.07) is 7.52. The minimum Gasteiger partial charge on any atom is -0.399 e. The molecule has 0 amide bonds. The molecule has 102 valence electrons. The third-order valence-corrected chi connectivity index (χ3v) is 4.51. The number of hydrogen-bond donors (Lipinski definition) is 1. The summed E-state index contributed by atoms with van der Waals surface area (Å²) < 4.78 is 14.4. The first-order valence-electron chi connectivity index (χ1n) is 6.29. The normalized spacial score (nSPS) is 12.6. The monoisotopic (exact) mass is 277 g/mol. The van der Waals surface area contributed by atoms with Crippen molar-refractivity contribution in [1.29, 1.82) is 0 Å². The first kappa shape index (κ1) is 13.8. The molecule has 0 bridgehead atoms. The summed E-state index contributed by atoms with van der Waals surface area (Å²) >= 11 is 0. The lowest BCUT2D eigenvalue weighted by Crippen LogP contribution is -2.07. The Morgan fingerprint density at radius 2 is 2.05 bits per heavy atom. The van der Waals surface area contributed by atoms with Crippen LogP contribution in [0.2, 0.25) is 0 Å². The van der Waals surface area contributed by atoms with E-state index in [0.29, 0.717) is 11.4 Å². The van der Waals surface area contributed by atoms with Crippen LogP contribution >= 0.6 is 0 Å². The second kappa shape index (κ2) is 5.57. The number of nitrogen functional groups attached to an aromatic ring is 1. The second-order valence-corrected chi connectivity index (χ2v) is 6.03. The Labute approximate surface area is 116 Å². The molecule has 1 unspecified atom stereocenters. The molecule has 0 aliphatic heterocycles. The maximum atomic E-state index is 12.5. The van der Waals surface area contributed by atoms with Crippen molar-refractivity contribution < 1.29 is 4.21 Å². The molecule has 1 aromatic heterocycles. The van der Waals surface area contributed by atoms with Gasteiger partial charge in [-0.3, -0.25) is 8.89 Å². The van der Waals surface area contributed by atoms with E-state index in [9.17, 15) is 4.21 Å². The molecule has 0 aliphatic carbocycles. The van der Waals surface area contributed by atoms with Crippen LogP contribution < -0.4 is 5.73 Å². The zero-order valence-corrected chi connectivity index (χ0v) is 12.3. The molecule has 1 heterocycles. The fourth-order valence-electron chi connectivity index (χ4n) is 2.06. The second-order valence-electron chi connectivity index (χ2n) is 4.61. The number of benzene rings is 1. The molecule has 2 aromatic rings. The smallest absolute Gasteiger partial charge is 0.0702 e. The van der Waals surface area contributed by atoms with Gasteiger partial charge in [0.2, 0.25) is 0 Å². The Kier molecular flexibility index (Phi) is 4.04. The van der Waals surface area contributed by atoms with Crippen molar-refractivity contribution in [3.63, 3.8) is 0 Å². The van der Waals surface area contributed by atoms with Crippen molar-refractivity contribution in [2.75, 3.05) is 5.73 Å². The highest BCUT2D eigenvalue weighted by atomic mass is 32.2. The van der Waals surface area contributed by atoms with Gasteiger partial charge in [-0.15, -0.1) is 0 Å². The van der Waals surface area contributed by atoms with Gasteiger partial charge >= 0.3 is 0 Å². The summed E-state index contributed by atoms with van der Waals surface area (Å²) in [5, 5.41) is 4.37. The van der Waals surface area contributed by atoms with E-state index in [4.69, 9.17) is 5.73 Å². The van der Waals surface area contributed by atoms with E-state index in [1.807, 2.05) is 43.7 Å². The van der Waals surface area contributed by atoms with E-state index in [1.54, 1.807) is 6.07 Å². The zero-order valence-electron chi connectivity index (χ0n) is 11.5. The van der Waals surface area contributed by atoms with E-state index >= 15 is 0 Å². The van der Waals surface area contributed by atoms with Gasteiger partial charge in [0.05, 0.1) is 27.9 Å². The molecule has 0 radical (unpaired) electrons. The molecule has 2 N–H and O–H groups in total. The Morgan fingerprint density at radius 3 is 2.74 bits per heavy atom. The van der Waals surface area contributed by atoms with E-state index < -0.39 is 10.8 Å². The van der Waals surface area contributed by atoms with Crippen LogP contribution in [0.15, 0.2) is 29.2 Å². The fourth-order valence-corrected chi connectivity index (χ4v) is 3.41. The van der Waals surface area contributed by atoms with E-state index in [0.717, 1.165) is 28.4 Å². The first-order chi connectivity index (χ1) is 9.01. The Hall–Kier alpha value is -1.62. The summed E-state index contributed by atoms with van der Waals surface area (Å²) in [6.45, 7) is 6.72. The Morgan fingerprint density at radius 1 is 1.32 bits per heavy atom. The van der Waals surface area contributed by atoms with Gasteiger partial charge in [-0.25, -0.2) is 0 Å². The largest absolute Gasteiger partial charge is 0.399 e. The maximum absolute atomic E-state index is 12.5. The summed E-state index contributed by atoms with van der Waals surface area (Å²) in [7, 11) is -1.10. The highest BCUT2D eigenvalue weighted by molar-refractivity contribution is 7.84. The topological polar surface area (TPSA) is 60.9 Å². The van der Waals surface area contributed by atoms with Crippen LogP contribution in [0.1, 0.15) is 23.9 Å². The first-order valence-corrected chi connectivity index (χ1v) is 7.61. The molecule has 0 fully saturated rings. The molecule has 0 aliphatic rings. The minimum absolute atomic E-state index is 0.471. The third-order valence-electron chi connectivity index (χ3n) is 3.02. The number of nitrogens with zero attached hydrogens (tertiary/aromatic N) is 2. The SMILES string of the molecule is CCn1nc(C)cc1CS(=O)c1cc(N)ccc1C. The molecule has 0 saturated heterocycles. The molecule has 0 saturated carbocycles. The van der Waals surface area contributed by atoms with Crippen molar-refractivity contribution in [3.05, 3.63) is 41.2 Å². The summed E-state index contributed by atoms with van der Waals surface area (Å²) in [6.07, 6.45) is 0. The van der Waals surface area contributed by atoms with Gasteiger partial charge in [0.25, 0.3) is 0 Å². The van der Waals surface area contributed by atoms with Crippen LogP contribution in [-0.2, 0) is 23.1 Å². The lowest BCUT2D eigenvalue weighted by atomic mass is 10.2. The molecule has 2 rings (SSSR count). The van der Waals surface area contributed by atoms with Crippen LogP contribution in [0, 0.1) is 13.8 Å². The van der Waals surface area contributed by atoms with Crippen LogP contribution in [0.4, 0.5) is 5.69 Å². The predicted molar refractivity (Wildman–Crippen MR) is 78.3 cm³/mol. The highest BCUT2D eigenvalue weighted by Gasteiger charge is 2.12. The zero-order chi connectivity index (χ0) is 14.0. The van der Waals surface area contributed by atoms with Gasteiger partial charge in [0.15, 0.2) is 0 Å². The quantitative estimate of drug-likeness (QED) is 0.873. The van der Waals surface area contributed by atoms with Crippen LogP contribution in [0.25, 0.3) is 0 Å². The van der Waals surface area contributed by atoms with Crippen molar-refractivity contribution in [1.82, 2.24) is 9.78 Å². The summed E-state index contributed by atoms with van der Waals surface area (Å²) in [5.41, 5.74) is 9.38. The van der Waals surface area contributed by atoms with Gasteiger partial charge in [-0.2, -0.15) is 5.10 Å². The van der Waals surface area contributed by atoms with Gasteiger partial charge in [0, 0.05) is 17.1 Å². The molecular formula is C14H19N3OS. The number of anilines is 1. The van der Waals surface area contributed by atoms with Crippen LogP contribution in [0.5, 0.6) is 0 Å². The predicted octanol–water partition coefficient (Wildman–Crippen LogP) is 2.41. The van der Waals surface area contributed by atoms with E-state index in [-0.39, 0.29) is 0 Å². The number of hydrogen-bond acceptors (Lipinski definition) is 3. The van der Waals surface area contributed by atoms with E-state index in [1.165, 1.54) is 0 Å². The average Bonchev–Trinajstić information content (AvgIpc) is 2.72. The van der Waals surface area contributed by atoms with Crippen molar-refractivity contribution in [2.45, 2.75) is 38.0 Å². The number of aromatic nitrogens is 2. The molecule has 4 nitrogen and oxygen atoms in total. The molecule has 5 heteroatoms. The Bertz CT molecular complexity index is 619. The van der Waals surface area contributed by atoms with Crippen LogP contribution in [0.3, 0.4) is 0 Å². The van der Waals surface area contributed by atoms with Crippen LogP contribution in [-0.4, -0.2) is 14.0 Å².